The predicted octanol–water partition coefficient (Wildman–Crippen LogP) is 1.06. The zero-order valence-electron chi connectivity index (χ0n) is 14.2. The minimum Gasteiger partial charge on any atom is -0.359 e. The highest BCUT2D eigenvalue weighted by atomic mass is 16.2. The van der Waals surface area contributed by atoms with E-state index in [9.17, 15) is 14.4 Å². The van der Waals surface area contributed by atoms with E-state index in [4.69, 9.17) is 0 Å². The van der Waals surface area contributed by atoms with Gasteiger partial charge in [-0.3, -0.25) is 14.4 Å². The molecule has 1 atom stereocenters. The second-order valence-electron chi connectivity index (χ2n) is 6.83. The Labute approximate surface area is 133 Å². The molecule has 1 unspecified atom stereocenters. The molecule has 6 heteroatoms. The Balaban J connectivity index is 2.38. The molecule has 126 valence electrons. The Kier molecular flexibility index (Phi) is 6.84. The molecule has 1 saturated heterocycles. The van der Waals surface area contributed by atoms with E-state index in [0.717, 1.165) is 25.7 Å². The number of hydrogen-bond acceptors (Lipinski definition) is 3. The molecule has 0 radical (unpaired) electrons. The third kappa shape index (κ3) is 5.31. The van der Waals surface area contributed by atoms with Crippen molar-refractivity contribution in [2.45, 2.75) is 58.9 Å². The Bertz CT molecular complexity index is 415. The summed E-state index contributed by atoms with van der Waals surface area (Å²) in [6, 6.07) is -0.342. The molecule has 0 bridgehead atoms. The van der Waals surface area contributed by atoms with Crippen molar-refractivity contribution in [3.63, 3.8) is 0 Å². The summed E-state index contributed by atoms with van der Waals surface area (Å²) in [5.74, 6) is -0.0242. The SMILES string of the molecule is CNC(=O)CCCCNC(=O)C1CCCN1C(=O)C(C)(C)C. The average Bonchev–Trinajstić information content (AvgIpc) is 2.93. The molecule has 0 saturated carbocycles. The van der Waals surface area contributed by atoms with Crippen molar-refractivity contribution >= 4 is 17.7 Å². The minimum atomic E-state index is -0.462. The van der Waals surface area contributed by atoms with Crippen molar-refractivity contribution in [3.8, 4) is 0 Å². The maximum absolute atomic E-state index is 12.4. The number of unbranched alkanes of at least 4 members (excludes halogenated alkanes) is 1. The second-order valence-corrected chi connectivity index (χ2v) is 6.83. The van der Waals surface area contributed by atoms with Crippen molar-refractivity contribution < 1.29 is 14.4 Å². The molecule has 0 aromatic rings. The van der Waals surface area contributed by atoms with Crippen LogP contribution in [0.4, 0.5) is 0 Å². The largest absolute Gasteiger partial charge is 0.359 e. The Morgan fingerprint density at radius 2 is 1.86 bits per heavy atom. The first kappa shape index (κ1) is 18.5. The van der Waals surface area contributed by atoms with Gasteiger partial charge in [0.05, 0.1) is 0 Å². The summed E-state index contributed by atoms with van der Waals surface area (Å²) in [7, 11) is 1.62. The van der Waals surface area contributed by atoms with Gasteiger partial charge in [-0.15, -0.1) is 0 Å². The first-order chi connectivity index (χ1) is 10.3. The molecule has 3 amide bonds. The summed E-state index contributed by atoms with van der Waals surface area (Å²) in [5.41, 5.74) is -0.462. The summed E-state index contributed by atoms with van der Waals surface area (Å²) in [5, 5.41) is 5.46. The van der Waals surface area contributed by atoms with Crippen molar-refractivity contribution in [2.24, 2.45) is 5.41 Å². The van der Waals surface area contributed by atoms with Crippen LogP contribution in [0.5, 0.6) is 0 Å². The summed E-state index contributed by atoms with van der Waals surface area (Å²) in [6.45, 7) is 6.83. The zero-order valence-corrected chi connectivity index (χ0v) is 14.2. The summed E-state index contributed by atoms with van der Waals surface area (Å²) in [6.07, 6.45) is 3.58. The number of likely N-dealkylation sites (tertiary alicyclic amines) is 1. The third-order valence-corrected chi connectivity index (χ3v) is 3.87. The van der Waals surface area contributed by atoms with Crippen LogP contribution in [0.1, 0.15) is 52.9 Å². The van der Waals surface area contributed by atoms with Crippen molar-refractivity contribution in [1.29, 1.82) is 0 Å². The summed E-state index contributed by atoms with van der Waals surface area (Å²) < 4.78 is 0. The van der Waals surface area contributed by atoms with Gasteiger partial charge in [0.25, 0.3) is 0 Å². The molecule has 1 heterocycles. The van der Waals surface area contributed by atoms with E-state index in [1.807, 2.05) is 20.8 Å². The van der Waals surface area contributed by atoms with Gasteiger partial charge in [0, 0.05) is 32.0 Å². The molecule has 0 aromatic heterocycles. The Morgan fingerprint density at radius 1 is 1.18 bits per heavy atom. The molecule has 1 fully saturated rings. The van der Waals surface area contributed by atoms with E-state index in [1.165, 1.54) is 0 Å². The fourth-order valence-electron chi connectivity index (χ4n) is 2.58. The fraction of sp³-hybridized carbons (Fsp3) is 0.812. The number of rotatable bonds is 6. The standard InChI is InChI=1S/C16H29N3O3/c1-16(2,3)15(22)19-11-7-8-12(19)14(21)18-10-6-5-9-13(20)17-4/h12H,5-11H2,1-4H3,(H,17,20)(H,18,21). The minimum absolute atomic E-state index is 0.0177. The predicted molar refractivity (Wildman–Crippen MR) is 85.1 cm³/mol. The maximum Gasteiger partial charge on any atom is 0.242 e. The number of hydrogen-bond donors (Lipinski definition) is 2. The van der Waals surface area contributed by atoms with Gasteiger partial charge in [0.2, 0.25) is 17.7 Å². The molecule has 22 heavy (non-hydrogen) atoms. The Hall–Kier alpha value is -1.59. The molecule has 6 nitrogen and oxygen atoms in total. The maximum atomic E-state index is 12.4. The highest BCUT2D eigenvalue weighted by Crippen LogP contribution is 2.25. The fourth-order valence-corrected chi connectivity index (χ4v) is 2.58. The van der Waals surface area contributed by atoms with Crippen LogP contribution in [0, 0.1) is 5.41 Å². The summed E-state index contributed by atoms with van der Waals surface area (Å²) >= 11 is 0. The lowest BCUT2D eigenvalue weighted by molar-refractivity contribution is -0.144. The molecule has 0 aliphatic carbocycles. The van der Waals surface area contributed by atoms with Crippen LogP contribution >= 0.6 is 0 Å². The first-order valence-corrected chi connectivity index (χ1v) is 8.06. The number of carbonyl (C=O) groups excluding carboxylic acids is 3. The lowest BCUT2D eigenvalue weighted by Gasteiger charge is -2.30. The van der Waals surface area contributed by atoms with Gasteiger partial charge in [0.15, 0.2) is 0 Å². The van der Waals surface area contributed by atoms with Gasteiger partial charge in [-0.1, -0.05) is 20.8 Å². The van der Waals surface area contributed by atoms with Crippen LogP contribution in [0.25, 0.3) is 0 Å². The summed E-state index contributed by atoms with van der Waals surface area (Å²) in [4.78, 5) is 37.4. The molecule has 1 rings (SSSR count). The number of nitrogens with one attached hydrogen (secondary N) is 2. The van der Waals surface area contributed by atoms with Gasteiger partial charge in [0.1, 0.15) is 6.04 Å². The van der Waals surface area contributed by atoms with Crippen molar-refractivity contribution in [1.82, 2.24) is 15.5 Å². The molecule has 0 spiro atoms. The van der Waals surface area contributed by atoms with Crippen LogP contribution in [0.3, 0.4) is 0 Å². The highest BCUT2D eigenvalue weighted by molar-refractivity contribution is 5.90. The third-order valence-electron chi connectivity index (χ3n) is 3.87. The molecular formula is C16H29N3O3. The second kappa shape index (κ2) is 8.15. The first-order valence-electron chi connectivity index (χ1n) is 8.06. The van der Waals surface area contributed by atoms with E-state index in [2.05, 4.69) is 10.6 Å². The van der Waals surface area contributed by atoms with Crippen LogP contribution < -0.4 is 10.6 Å². The lowest BCUT2D eigenvalue weighted by atomic mass is 9.94. The van der Waals surface area contributed by atoms with E-state index >= 15 is 0 Å². The number of nitrogens with zero attached hydrogens (tertiary/aromatic N) is 1. The Morgan fingerprint density at radius 3 is 2.45 bits per heavy atom. The topological polar surface area (TPSA) is 78.5 Å². The number of carbonyl (C=O) groups is 3. The van der Waals surface area contributed by atoms with Gasteiger partial charge < -0.3 is 15.5 Å². The molecular weight excluding hydrogens is 282 g/mol. The van der Waals surface area contributed by atoms with Crippen LogP contribution in [-0.2, 0) is 14.4 Å². The number of amides is 3. The normalized spacial score (nSPS) is 18.2. The lowest BCUT2D eigenvalue weighted by Crippen LogP contribution is -2.49. The molecule has 0 aromatic carbocycles. The van der Waals surface area contributed by atoms with Crippen molar-refractivity contribution in [3.05, 3.63) is 0 Å². The monoisotopic (exact) mass is 311 g/mol. The average molecular weight is 311 g/mol. The van der Waals surface area contributed by atoms with E-state index in [0.29, 0.717) is 19.5 Å². The van der Waals surface area contributed by atoms with Gasteiger partial charge in [-0.2, -0.15) is 0 Å². The molecule has 1 aliphatic rings. The van der Waals surface area contributed by atoms with E-state index in [-0.39, 0.29) is 23.8 Å². The van der Waals surface area contributed by atoms with Crippen LogP contribution in [-0.4, -0.2) is 48.8 Å². The van der Waals surface area contributed by atoms with Gasteiger partial charge in [-0.25, -0.2) is 0 Å². The van der Waals surface area contributed by atoms with Crippen LogP contribution in [0.2, 0.25) is 0 Å². The molecule has 2 N–H and O–H groups in total. The van der Waals surface area contributed by atoms with E-state index < -0.39 is 5.41 Å². The smallest absolute Gasteiger partial charge is 0.242 e. The van der Waals surface area contributed by atoms with Crippen LogP contribution in [0.15, 0.2) is 0 Å². The zero-order chi connectivity index (χ0) is 16.8. The van der Waals surface area contributed by atoms with Crippen molar-refractivity contribution in [2.75, 3.05) is 20.1 Å². The highest BCUT2D eigenvalue weighted by Gasteiger charge is 2.38. The van der Waals surface area contributed by atoms with E-state index in [1.54, 1.807) is 11.9 Å². The molecule has 1 aliphatic heterocycles. The van der Waals surface area contributed by atoms with Gasteiger partial charge in [-0.05, 0) is 25.7 Å². The quantitative estimate of drug-likeness (QED) is 0.720. The van der Waals surface area contributed by atoms with Gasteiger partial charge >= 0.3 is 0 Å².